The van der Waals surface area contributed by atoms with Gasteiger partial charge in [-0.25, -0.2) is 9.59 Å². The number of hydrogen-bond donors (Lipinski definition) is 0. The summed E-state index contributed by atoms with van der Waals surface area (Å²) in [5.41, 5.74) is 3.06. The number of hydrogen-bond acceptors (Lipinski definition) is 5. The second-order valence-electron chi connectivity index (χ2n) is 7.98. The zero-order valence-electron chi connectivity index (χ0n) is 19.5. The third kappa shape index (κ3) is 7.93. The van der Waals surface area contributed by atoms with Gasteiger partial charge >= 0.3 is 11.9 Å². The molecule has 0 aliphatic heterocycles. The van der Waals surface area contributed by atoms with Gasteiger partial charge in [-0.3, -0.25) is 0 Å². The van der Waals surface area contributed by atoms with Gasteiger partial charge in [-0.15, -0.1) is 0 Å². The molecule has 0 aliphatic carbocycles. The molecule has 3 rings (SSSR count). The van der Waals surface area contributed by atoms with Crippen LogP contribution in [-0.2, 0) is 9.53 Å². The predicted molar refractivity (Wildman–Crippen MR) is 133 cm³/mol. The maximum atomic E-state index is 12.5. The van der Waals surface area contributed by atoms with Crippen molar-refractivity contribution in [2.45, 2.75) is 32.6 Å². The first kappa shape index (κ1) is 24.8. The molecule has 0 radical (unpaired) electrons. The van der Waals surface area contributed by atoms with Gasteiger partial charge < -0.3 is 14.2 Å². The van der Waals surface area contributed by atoms with Gasteiger partial charge in [-0.2, -0.15) is 0 Å². The lowest BCUT2D eigenvalue weighted by Crippen LogP contribution is -2.08. The summed E-state index contributed by atoms with van der Waals surface area (Å²) in [5, 5.41) is 0. The lowest BCUT2D eigenvalue weighted by atomic mass is 10.0. The summed E-state index contributed by atoms with van der Waals surface area (Å²) in [4.78, 5) is 23.7. The van der Waals surface area contributed by atoms with E-state index in [0.29, 0.717) is 30.1 Å². The monoisotopic (exact) mass is 458 g/mol. The molecule has 0 N–H and O–H groups in total. The maximum Gasteiger partial charge on any atom is 0.343 e. The van der Waals surface area contributed by atoms with Gasteiger partial charge in [0.15, 0.2) is 0 Å². The average Bonchev–Trinajstić information content (AvgIpc) is 2.87. The van der Waals surface area contributed by atoms with E-state index in [0.717, 1.165) is 42.6 Å². The first-order valence-electron chi connectivity index (χ1n) is 11.5. The van der Waals surface area contributed by atoms with Gasteiger partial charge in [-0.1, -0.05) is 49.0 Å². The molecule has 176 valence electrons. The highest BCUT2D eigenvalue weighted by molar-refractivity contribution is 5.91. The van der Waals surface area contributed by atoms with Crippen molar-refractivity contribution in [1.82, 2.24) is 0 Å². The summed E-state index contributed by atoms with van der Waals surface area (Å²) in [6, 6.07) is 24.4. The minimum Gasteiger partial charge on any atom is -0.494 e. The normalized spacial score (nSPS) is 10.4. The van der Waals surface area contributed by atoms with E-state index in [1.165, 1.54) is 0 Å². The van der Waals surface area contributed by atoms with Crippen LogP contribution in [0, 0.1) is 0 Å². The van der Waals surface area contributed by atoms with Gasteiger partial charge in [0.25, 0.3) is 0 Å². The first-order chi connectivity index (χ1) is 16.5. The van der Waals surface area contributed by atoms with E-state index in [-0.39, 0.29) is 5.97 Å². The molecule has 0 saturated carbocycles. The fourth-order valence-electron chi connectivity index (χ4n) is 3.24. The van der Waals surface area contributed by atoms with Crippen LogP contribution in [0.25, 0.3) is 11.1 Å². The summed E-state index contributed by atoms with van der Waals surface area (Å²) in [7, 11) is 0. The Morgan fingerprint density at radius 2 is 1.29 bits per heavy atom. The van der Waals surface area contributed by atoms with E-state index in [4.69, 9.17) is 14.2 Å². The number of carbonyl (C=O) groups excluding carboxylic acids is 2. The van der Waals surface area contributed by atoms with Crippen molar-refractivity contribution in [3.05, 3.63) is 96.6 Å². The zero-order chi connectivity index (χ0) is 24.2. The van der Waals surface area contributed by atoms with Gasteiger partial charge in [-0.05, 0) is 80.1 Å². The standard InChI is InChI=1S/C29H30O5/c1-22(2)28(30)33-21-9-4-3-8-20-32-26-16-18-27(19-17-26)34-29(31)25-14-12-24(13-15-25)23-10-6-5-7-11-23/h5-7,10-19H,1,3-4,8-9,20-21H2,2H3. The van der Waals surface area contributed by atoms with Crippen LogP contribution in [0.3, 0.4) is 0 Å². The molecule has 3 aromatic rings. The van der Waals surface area contributed by atoms with Gasteiger partial charge in [0.05, 0.1) is 18.8 Å². The molecular weight excluding hydrogens is 428 g/mol. The number of unbranched alkanes of at least 4 members (excludes halogenated alkanes) is 3. The topological polar surface area (TPSA) is 61.8 Å². The fourth-order valence-corrected chi connectivity index (χ4v) is 3.24. The van der Waals surface area contributed by atoms with E-state index >= 15 is 0 Å². The quantitative estimate of drug-likeness (QED) is 0.132. The van der Waals surface area contributed by atoms with Crippen molar-refractivity contribution in [3.8, 4) is 22.6 Å². The molecule has 5 nitrogen and oxygen atoms in total. The van der Waals surface area contributed by atoms with Crippen molar-refractivity contribution in [2.75, 3.05) is 13.2 Å². The van der Waals surface area contributed by atoms with Crippen molar-refractivity contribution in [2.24, 2.45) is 0 Å². The average molecular weight is 459 g/mol. The molecule has 0 aliphatic rings. The van der Waals surface area contributed by atoms with Crippen molar-refractivity contribution < 1.29 is 23.8 Å². The SMILES string of the molecule is C=C(C)C(=O)OCCCCCCOc1ccc(OC(=O)c2ccc(-c3ccccc3)cc2)cc1. The summed E-state index contributed by atoms with van der Waals surface area (Å²) < 4.78 is 16.3. The Hall–Kier alpha value is -3.86. The Balaban J connectivity index is 1.35. The lowest BCUT2D eigenvalue weighted by Gasteiger charge is -2.09. The van der Waals surface area contributed by atoms with E-state index < -0.39 is 5.97 Å². The van der Waals surface area contributed by atoms with Gasteiger partial charge in [0, 0.05) is 5.57 Å². The van der Waals surface area contributed by atoms with Gasteiger partial charge in [0.1, 0.15) is 11.5 Å². The summed E-state index contributed by atoms with van der Waals surface area (Å²) in [6.45, 7) is 6.21. The molecule has 5 heteroatoms. The van der Waals surface area contributed by atoms with Crippen LogP contribution in [0.1, 0.15) is 43.0 Å². The number of rotatable bonds is 12. The Bertz CT molecular complexity index is 1070. The van der Waals surface area contributed by atoms with Crippen LogP contribution < -0.4 is 9.47 Å². The molecular formula is C29H30O5. The highest BCUT2D eigenvalue weighted by Crippen LogP contribution is 2.22. The lowest BCUT2D eigenvalue weighted by molar-refractivity contribution is -0.139. The van der Waals surface area contributed by atoms with Gasteiger partial charge in [0.2, 0.25) is 0 Å². The number of benzene rings is 3. The van der Waals surface area contributed by atoms with E-state index in [2.05, 4.69) is 6.58 Å². The third-order valence-electron chi connectivity index (χ3n) is 5.15. The van der Waals surface area contributed by atoms with E-state index in [1.54, 1.807) is 43.3 Å². The molecule has 0 saturated heterocycles. The largest absolute Gasteiger partial charge is 0.494 e. The molecule has 0 heterocycles. The first-order valence-corrected chi connectivity index (χ1v) is 11.5. The molecule has 3 aromatic carbocycles. The van der Waals surface area contributed by atoms with Crippen molar-refractivity contribution in [1.29, 1.82) is 0 Å². The third-order valence-corrected chi connectivity index (χ3v) is 5.15. The second-order valence-corrected chi connectivity index (χ2v) is 7.98. The zero-order valence-corrected chi connectivity index (χ0v) is 19.5. The minimum atomic E-state index is -0.401. The Morgan fingerprint density at radius 1 is 0.706 bits per heavy atom. The van der Waals surface area contributed by atoms with Crippen LogP contribution in [0.15, 0.2) is 91.0 Å². The van der Waals surface area contributed by atoms with Crippen LogP contribution in [0.4, 0.5) is 0 Å². The Kier molecular flexibility index (Phi) is 9.47. The van der Waals surface area contributed by atoms with E-state index in [1.807, 2.05) is 42.5 Å². The summed E-state index contributed by atoms with van der Waals surface area (Å²) in [5.74, 6) is 0.455. The molecule has 0 unspecified atom stereocenters. The number of ether oxygens (including phenoxy) is 3. The molecule has 0 fully saturated rings. The molecule has 0 bridgehead atoms. The summed E-state index contributed by atoms with van der Waals surface area (Å²) >= 11 is 0. The van der Waals surface area contributed by atoms with Crippen LogP contribution in [-0.4, -0.2) is 25.2 Å². The highest BCUT2D eigenvalue weighted by atomic mass is 16.5. The predicted octanol–water partition coefficient (Wildman–Crippen LogP) is 6.63. The molecule has 0 spiro atoms. The van der Waals surface area contributed by atoms with E-state index in [9.17, 15) is 9.59 Å². The molecule has 34 heavy (non-hydrogen) atoms. The van der Waals surface area contributed by atoms with Crippen molar-refractivity contribution in [3.63, 3.8) is 0 Å². The summed E-state index contributed by atoms with van der Waals surface area (Å²) in [6.07, 6.45) is 3.69. The molecule has 0 aromatic heterocycles. The Morgan fingerprint density at radius 3 is 1.94 bits per heavy atom. The maximum absolute atomic E-state index is 12.5. The van der Waals surface area contributed by atoms with Crippen molar-refractivity contribution >= 4 is 11.9 Å². The number of esters is 2. The highest BCUT2D eigenvalue weighted by Gasteiger charge is 2.09. The smallest absolute Gasteiger partial charge is 0.343 e. The van der Waals surface area contributed by atoms with Crippen LogP contribution >= 0.6 is 0 Å². The second kappa shape index (κ2) is 13.0. The fraction of sp³-hybridized carbons (Fsp3) is 0.241. The molecule has 0 atom stereocenters. The Labute approximate surface area is 201 Å². The van der Waals surface area contributed by atoms with Crippen LogP contribution in [0.2, 0.25) is 0 Å². The van der Waals surface area contributed by atoms with Crippen LogP contribution in [0.5, 0.6) is 11.5 Å². The number of carbonyl (C=O) groups is 2. The minimum absolute atomic E-state index is 0.335. The molecule has 0 amide bonds.